The van der Waals surface area contributed by atoms with Gasteiger partial charge in [-0.15, -0.1) is 0 Å². The van der Waals surface area contributed by atoms with E-state index in [1.807, 2.05) is 12.1 Å². The Morgan fingerprint density at radius 1 is 1.15 bits per heavy atom. The van der Waals surface area contributed by atoms with E-state index in [1.54, 1.807) is 43.5 Å². The van der Waals surface area contributed by atoms with Gasteiger partial charge >= 0.3 is 0 Å². The Morgan fingerprint density at radius 2 is 1.92 bits per heavy atom. The third-order valence-electron chi connectivity index (χ3n) is 3.13. The minimum atomic E-state index is -0.525. The molecule has 0 unspecified atom stereocenters. The second-order valence-electron chi connectivity index (χ2n) is 4.98. The van der Waals surface area contributed by atoms with Crippen molar-refractivity contribution in [1.82, 2.24) is 10.9 Å². The van der Waals surface area contributed by atoms with E-state index in [-0.39, 0.29) is 6.61 Å². The van der Waals surface area contributed by atoms with Crippen molar-refractivity contribution in [3.05, 3.63) is 63.6 Å². The van der Waals surface area contributed by atoms with E-state index >= 15 is 0 Å². The van der Waals surface area contributed by atoms with E-state index < -0.39 is 11.8 Å². The third kappa shape index (κ3) is 6.09. The standard InChI is InChI=1S/C18H16BrClN2O4/c1-25-15-5-3-2-4-12(15)6-9-17(23)21-22-18(24)11-26-16-8-7-13(19)10-14(16)20/h2-10H,11H2,1H3,(H,21,23)(H,22,24). The minimum absolute atomic E-state index is 0.294. The van der Waals surface area contributed by atoms with Crippen LogP contribution >= 0.6 is 27.5 Å². The molecule has 6 nitrogen and oxygen atoms in total. The Kier molecular flexibility index (Phi) is 7.50. The molecule has 0 spiro atoms. The molecule has 0 bridgehead atoms. The first-order valence-electron chi connectivity index (χ1n) is 7.47. The number of carbonyl (C=O) groups is 2. The van der Waals surface area contributed by atoms with Crippen molar-refractivity contribution in [3.63, 3.8) is 0 Å². The molecule has 2 N–H and O–H groups in total. The fourth-order valence-corrected chi connectivity index (χ4v) is 2.64. The molecule has 2 aromatic carbocycles. The second kappa shape index (κ2) is 9.84. The number of methoxy groups -OCH3 is 1. The topological polar surface area (TPSA) is 76.7 Å². The number of halogens is 2. The summed E-state index contributed by atoms with van der Waals surface area (Å²) in [4.78, 5) is 23.5. The number of para-hydroxylation sites is 1. The molecular formula is C18H16BrClN2O4. The van der Waals surface area contributed by atoms with E-state index in [9.17, 15) is 9.59 Å². The Balaban J connectivity index is 1.79. The fraction of sp³-hybridized carbons (Fsp3) is 0.111. The molecular weight excluding hydrogens is 424 g/mol. The van der Waals surface area contributed by atoms with Gasteiger partial charge in [-0.1, -0.05) is 45.7 Å². The molecule has 8 heteroatoms. The van der Waals surface area contributed by atoms with E-state index in [1.165, 1.54) is 6.08 Å². The Morgan fingerprint density at radius 3 is 2.65 bits per heavy atom. The molecule has 0 heterocycles. The molecule has 2 aromatic rings. The summed E-state index contributed by atoms with van der Waals surface area (Å²) in [5.74, 6) is -0.0123. The van der Waals surface area contributed by atoms with Gasteiger partial charge in [0, 0.05) is 16.1 Å². The van der Waals surface area contributed by atoms with Gasteiger partial charge in [-0.05, 0) is 30.3 Å². The van der Waals surface area contributed by atoms with Crippen LogP contribution in [0.4, 0.5) is 0 Å². The fourth-order valence-electron chi connectivity index (χ4n) is 1.91. The maximum Gasteiger partial charge on any atom is 0.276 e. The molecule has 0 aliphatic heterocycles. The van der Waals surface area contributed by atoms with Crippen LogP contribution in [-0.2, 0) is 9.59 Å². The normalized spacial score (nSPS) is 10.4. The van der Waals surface area contributed by atoms with Crippen molar-refractivity contribution in [1.29, 1.82) is 0 Å². The molecule has 0 saturated carbocycles. The highest BCUT2D eigenvalue weighted by Crippen LogP contribution is 2.27. The number of hydrogen-bond acceptors (Lipinski definition) is 4. The predicted molar refractivity (Wildman–Crippen MR) is 103 cm³/mol. The van der Waals surface area contributed by atoms with Crippen LogP contribution in [0.25, 0.3) is 6.08 Å². The van der Waals surface area contributed by atoms with Gasteiger partial charge in [-0.3, -0.25) is 20.4 Å². The zero-order valence-electron chi connectivity index (χ0n) is 13.8. The Hall–Kier alpha value is -2.51. The molecule has 0 aliphatic carbocycles. The summed E-state index contributed by atoms with van der Waals surface area (Å²) < 4.78 is 11.3. The first-order valence-corrected chi connectivity index (χ1v) is 8.64. The minimum Gasteiger partial charge on any atom is -0.496 e. The lowest BCUT2D eigenvalue weighted by Gasteiger charge is -2.09. The second-order valence-corrected chi connectivity index (χ2v) is 6.30. The number of carbonyl (C=O) groups excluding carboxylic acids is 2. The summed E-state index contributed by atoms with van der Waals surface area (Å²) in [5.41, 5.74) is 5.25. The van der Waals surface area contributed by atoms with Crippen LogP contribution in [-0.4, -0.2) is 25.5 Å². The van der Waals surface area contributed by atoms with E-state index in [0.717, 1.165) is 10.0 Å². The van der Waals surface area contributed by atoms with Crippen molar-refractivity contribution < 1.29 is 19.1 Å². The average molecular weight is 440 g/mol. The average Bonchev–Trinajstić information content (AvgIpc) is 2.64. The van der Waals surface area contributed by atoms with Gasteiger partial charge < -0.3 is 9.47 Å². The lowest BCUT2D eigenvalue weighted by molar-refractivity contribution is -0.128. The van der Waals surface area contributed by atoms with E-state index in [4.69, 9.17) is 21.1 Å². The molecule has 0 atom stereocenters. The molecule has 2 amide bonds. The van der Waals surface area contributed by atoms with E-state index in [2.05, 4.69) is 26.8 Å². The summed E-state index contributed by atoms with van der Waals surface area (Å²) >= 11 is 9.27. The van der Waals surface area contributed by atoms with Crippen molar-refractivity contribution in [2.24, 2.45) is 0 Å². The zero-order valence-corrected chi connectivity index (χ0v) is 16.1. The number of amides is 2. The number of ether oxygens (including phenoxy) is 2. The molecule has 0 fully saturated rings. The summed E-state index contributed by atoms with van der Waals surface area (Å²) in [5, 5.41) is 0.371. The van der Waals surface area contributed by atoms with Crippen LogP contribution in [0.5, 0.6) is 11.5 Å². The highest BCUT2D eigenvalue weighted by molar-refractivity contribution is 9.10. The van der Waals surface area contributed by atoms with Crippen molar-refractivity contribution in [3.8, 4) is 11.5 Å². The van der Waals surface area contributed by atoms with Gasteiger partial charge in [0.15, 0.2) is 6.61 Å². The molecule has 0 aromatic heterocycles. The SMILES string of the molecule is COc1ccccc1C=CC(=O)NNC(=O)COc1ccc(Br)cc1Cl. The van der Waals surface area contributed by atoms with Gasteiger partial charge in [0.2, 0.25) is 0 Å². The van der Waals surface area contributed by atoms with Gasteiger partial charge in [0.25, 0.3) is 11.8 Å². The van der Waals surface area contributed by atoms with Gasteiger partial charge in [0.1, 0.15) is 11.5 Å². The van der Waals surface area contributed by atoms with Gasteiger partial charge in [-0.25, -0.2) is 0 Å². The smallest absolute Gasteiger partial charge is 0.276 e. The molecule has 2 rings (SSSR count). The Bertz CT molecular complexity index is 827. The lowest BCUT2D eigenvalue weighted by atomic mass is 10.2. The largest absolute Gasteiger partial charge is 0.496 e. The number of rotatable bonds is 6. The molecule has 0 saturated heterocycles. The number of hydrogen-bond donors (Lipinski definition) is 2. The van der Waals surface area contributed by atoms with Crippen molar-refractivity contribution in [2.75, 3.05) is 13.7 Å². The van der Waals surface area contributed by atoms with Gasteiger partial charge in [0.05, 0.1) is 12.1 Å². The van der Waals surface area contributed by atoms with Crippen LogP contribution in [0.3, 0.4) is 0 Å². The number of benzene rings is 2. The number of nitrogens with one attached hydrogen (secondary N) is 2. The van der Waals surface area contributed by atoms with E-state index in [0.29, 0.717) is 16.5 Å². The summed E-state index contributed by atoms with van der Waals surface area (Å²) in [7, 11) is 1.55. The van der Waals surface area contributed by atoms with Crippen molar-refractivity contribution in [2.45, 2.75) is 0 Å². The quantitative estimate of drug-likeness (QED) is 0.535. The molecule has 136 valence electrons. The first kappa shape index (κ1) is 19.8. The maximum atomic E-state index is 11.8. The van der Waals surface area contributed by atoms with Crippen LogP contribution in [0.15, 0.2) is 53.0 Å². The summed E-state index contributed by atoms with van der Waals surface area (Å²) in [6.45, 7) is -0.294. The van der Waals surface area contributed by atoms with Crippen LogP contribution in [0.1, 0.15) is 5.56 Å². The van der Waals surface area contributed by atoms with Crippen LogP contribution in [0, 0.1) is 0 Å². The molecule has 0 aliphatic rings. The maximum absolute atomic E-state index is 11.8. The summed E-state index contributed by atoms with van der Waals surface area (Å²) in [6, 6.07) is 12.3. The van der Waals surface area contributed by atoms with Crippen molar-refractivity contribution >= 4 is 45.4 Å². The monoisotopic (exact) mass is 438 g/mol. The molecule has 26 heavy (non-hydrogen) atoms. The van der Waals surface area contributed by atoms with Crippen LogP contribution in [0.2, 0.25) is 5.02 Å². The van der Waals surface area contributed by atoms with Gasteiger partial charge in [-0.2, -0.15) is 0 Å². The molecule has 0 radical (unpaired) electrons. The predicted octanol–water partition coefficient (Wildman–Crippen LogP) is 3.35. The highest BCUT2D eigenvalue weighted by atomic mass is 79.9. The zero-order chi connectivity index (χ0) is 18.9. The Labute approximate surface area is 164 Å². The third-order valence-corrected chi connectivity index (χ3v) is 3.92. The van der Waals surface area contributed by atoms with Crippen LogP contribution < -0.4 is 20.3 Å². The summed E-state index contributed by atoms with van der Waals surface area (Å²) in [6.07, 6.45) is 2.86. The number of hydrazine groups is 1. The first-order chi connectivity index (χ1) is 12.5. The lowest BCUT2D eigenvalue weighted by Crippen LogP contribution is -2.43. The highest BCUT2D eigenvalue weighted by Gasteiger charge is 2.07.